The summed E-state index contributed by atoms with van der Waals surface area (Å²) < 4.78 is 2.11. The molecule has 1 heterocycles. The third-order valence-electron chi connectivity index (χ3n) is 6.14. The largest absolute Gasteiger partial charge is 0.314 e. The average Bonchev–Trinajstić information content (AvgIpc) is 2.75. The van der Waals surface area contributed by atoms with E-state index in [2.05, 4.69) is 70.7 Å². The van der Waals surface area contributed by atoms with Crippen molar-refractivity contribution in [3.8, 4) is 0 Å². The second kappa shape index (κ2) is 5.75. The predicted molar refractivity (Wildman–Crippen MR) is 89.4 cm³/mol. The van der Waals surface area contributed by atoms with Crippen LogP contribution in [0.2, 0.25) is 0 Å². The molecular formula is C18H33N3. The van der Waals surface area contributed by atoms with Crippen LogP contribution in [0.4, 0.5) is 0 Å². The zero-order chi connectivity index (χ0) is 15.8. The highest BCUT2D eigenvalue weighted by atomic mass is 15.3. The molecule has 0 spiro atoms. The molecule has 0 bridgehead atoms. The Morgan fingerprint density at radius 2 is 1.86 bits per heavy atom. The van der Waals surface area contributed by atoms with E-state index in [1.807, 2.05) is 0 Å². The minimum atomic E-state index is 0.416. The van der Waals surface area contributed by atoms with E-state index in [0.717, 1.165) is 25.3 Å². The molecule has 3 heteroatoms. The number of nitrogens with zero attached hydrogens (tertiary/aromatic N) is 2. The lowest BCUT2D eigenvalue weighted by Gasteiger charge is -2.19. The first-order chi connectivity index (χ1) is 9.75. The van der Waals surface area contributed by atoms with E-state index < -0.39 is 0 Å². The highest BCUT2D eigenvalue weighted by Crippen LogP contribution is 2.69. The fraction of sp³-hybridized carbons (Fsp3) is 0.833. The highest BCUT2D eigenvalue weighted by molar-refractivity contribution is 5.18. The van der Waals surface area contributed by atoms with Gasteiger partial charge in [0.25, 0.3) is 0 Å². The summed E-state index contributed by atoms with van der Waals surface area (Å²) in [5.41, 5.74) is 2.05. The summed E-state index contributed by atoms with van der Waals surface area (Å²) in [6, 6.07) is 3.21. The Morgan fingerprint density at radius 1 is 1.24 bits per heavy atom. The number of aromatic nitrogens is 2. The van der Waals surface area contributed by atoms with Gasteiger partial charge in [-0.3, -0.25) is 4.68 Å². The van der Waals surface area contributed by atoms with Crippen LogP contribution in [0, 0.1) is 16.7 Å². The quantitative estimate of drug-likeness (QED) is 0.821. The van der Waals surface area contributed by atoms with E-state index in [9.17, 15) is 0 Å². The van der Waals surface area contributed by atoms with Crippen molar-refractivity contribution < 1.29 is 0 Å². The predicted octanol–water partition coefficient (Wildman–Crippen LogP) is 4.06. The third kappa shape index (κ3) is 2.90. The second-order valence-electron chi connectivity index (χ2n) is 7.83. The van der Waals surface area contributed by atoms with Gasteiger partial charge in [-0.05, 0) is 42.7 Å². The van der Waals surface area contributed by atoms with Crippen LogP contribution in [0.1, 0.15) is 66.6 Å². The molecule has 2 rings (SSSR count). The summed E-state index contributed by atoms with van der Waals surface area (Å²) >= 11 is 0. The first-order valence-electron chi connectivity index (χ1n) is 8.53. The second-order valence-corrected chi connectivity index (χ2v) is 7.83. The Labute approximate surface area is 130 Å². The van der Waals surface area contributed by atoms with Gasteiger partial charge >= 0.3 is 0 Å². The molecule has 1 N–H and O–H groups in total. The topological polar surface area (TPSA) is 29.9 Å². The van der Waals surface area contributed by atoms with Crippen molar-refractivity contribution in [2.24, 2.45) is 16.7 Å². The van der Waals surface area contributed by atoms with Gasteiger partial charge in [0.05, 0.1) is 5.69 Å². The van der Waals surface area contributed by atoms with Crippen molar-refractivity contribution in [2.45, 2.75) is 73.4 Å². The Hall–Kier alpha value is -0.830. The lowest BCUT2D eigenvalue weighted by atomic mass is 9.99. The maximum absolute atomic E-state index is 4.79. The first-order valence-corrected chi connectivity index (χ1v) is 8.53. The fourth-order valence-corrected chi connectivity index (χ4v) is 3.97. The standard InChI is InChI=1S/C18H33N3/c1-8-13(3)21-11-10-14(20-21)12-15(19-9-2)16-17(4,5)18(16,6)7/h10-11,13,15-16,19H,8-9,12H2,1-7H3. The minimum absolute atomic E-state index is 0.416. The molecule has 0 saturated heterocycles. The van der Waals surface area contributed by atoms with Crippen LogP contribution in [0.3, 0.4) is 0 Å². The number of rotatable bonds is 7. The summed E-state index contributed by atoms with van der Waals surface area (Å²) in [6.45, 7) is 17.3. The van der Waals surface area contributed by atoms with E-state index >= 15 is 0 Å². The van der Waals surface area contributed by atoms with Crippen LogP contribution < -0.4 is 5.32 Å². The van der Waals surface area contributed by atoms with Gasteiger partial charge in [0, 0.05) is 24.7 Å². The Balaban J connectivity index is 2.09. The molecule has 1 aromatic rings. The van der Waals surface area contributed by atoms with Gasteiger partial charge in [-0.2, -0.15) is 5.10 Å². The van der Waals surface area contributed by atoms with Gasteiger partial charge in [0.2, 0.25) is 0 Å². The SMILES string of the molecule is CCNC(Cc1ccn(C(C)CC)n1)C1C(C)(C)C1(C)C. The van der Waals surface area contributed by atoms with Crippen molar-refractivity contribution >= 4 is 0 Å². The molecule has 1 aliphatic rings. The van der Waals surface area contributed by atoms with E-state index in [4.69, 9.17) is 5.10 Å². The molecule has 1 fully saturated rings. The van der Waals surface area contributed by atoms with Crippen molar-refractivity contribution in [2.75, 3.05) is 6.54 Å². The Morgan fingerprint density at radius 3 is 2.33 bits per heavy atom. The molecule has 2 atom stereocenters. The number of likely N-dealkylation sites (N-methyl/N-ethyl adjacent to an activating group) is 1. The zero-order valence-electron chi connectivity index (χ0n) is 14.9. The van der Waals surface area contributed by atoms with E-state index in [1.54, 1.807) is 0 Å². The van der Waals surface area contributed by atoms with Gasteiger partial charge in [0.15, 0.2) is 0 Å². The first kappa shape index (κ1) is 16.5. The summed E-state index contributed by atoms with van der Waals surface area (Å²) in [6.07, 6.45) is 4.30. The van der Waals surface area contributed by atoms with Gasteiger partial charge in [-0.1, -0.05) is 41.5 Å². The smallest absolute Gasteiger partial charge is 0.0640 e. The van der Waals surface area contributed by atoms with Crippen LogP contribution in [0.15, 0.2) is 12.3 Å². The normalized spacial score (nSPS) is 23.0. The van der Waals surface area contributed by atoms with Crippen LogP contribution >= 0.6 is 0 Å². The molecule has 1 saturated carbocycles. The summed E-state index contributed by atoms with van der Waals surface area (Å²) in [7, 11) is 0. The number of hydrogen-bond acceptors (Lipinski definition) is 2. The minimum Gasteiger partial charge on any atom is -0.314 e. The molecule has 0 amide bonds. The maximum atomic E-state index is 4.79. The molecule has 120 valence electrons. The van der Waals surface area contributed by atoms with Gasteiger partial charge in [-0.15, -0.1) is 0 Å². The van der Waals surface area contributed by atoms with Crippen LogP contribution in [0.25, 0.3) is 0 Å². The van der Waals surface area contributed by atoms with E-state index in [0.29, 0.717) is 22.9 Å². The molecule has 1 aliphatic carbocycles. The molecule has 0 aliphatic heterocycles. The maximum Gasteiger partial charge on any atom is 0.0640 e. The highest BCUT2D eigenvalue weighted by Gasteiger charge is 2.66. The lowest BCUT2D eigenvalue weighted by Crippen LogP contribution is -2.35. The van der Waals surface area contributed by atoms with Crippen LogP contribution in [-0.4, -0.2) is 22.4 Å². The van der Waals surface area contributed by atoms with Gasteiger partial charge in [-0.25, -0.2) is 0 Å². The molecule has 0 radical (unpaired) electrons. The van der Waals surface area contributed by atoms with E-state index in [1.165, 1.54) is 5.69 Å². The summed E-state index contributed by atoms with van der Waals surface area (Å²) in [4.78, 5) is 0. The third-order valence-corrected chi connectivity index (χ3v) is 6.14. The van der Waals surface area contributed by atoms with Gasteiger partial charge < -0.3 is 5.32 Å². The average molecular weight is 291 g/mol. The lowest BCUT2D eigenvalue weighted by molar-refractivity contribution is 0.396. The Kier molecular flexibility index (Phi) is 4.53. The van der Waals surface area contributed by atoms with E-state index in [-0.39, 0.29) is 0 Å². The molecule has 0 aromatic carbocycles. The van der Waals surface area contributed by atoms with Crippen molar-refractivity contribution in [1.82, 2.24) is 15.1 Å². The fourth-order valence-electron chi connectivity index (χ4n) is 3.97. The van der Waals surface area contributed by atoms with Crippen LogP contribution in [-0.2, 0) is 6.42 Å². The van der Waals surface area contributed by atoms with Crippen molar-refractivity contribution in [3.05, 3.63) is 18.0 Å². The molecule has 2 unspecified atom stereocenters. The number of nitrogens with one attached hydrogen (secondary N) is 1. The zero-order valence-corrected chi connectivity index (χ0v) is 14.9. The molecule has 1 aromatic heterocycles. The molecular weight excluding hydrogens is 258 g/mol. The number of hydrogen-bond donors (Lipinski definition) is 1. The summed E-state index contributed by atoms with van der Waals surface area (Å²) in [5.74, 6) is 0.721. The van der Waals surface area contributed by atoms with Crippen molar-refractivity contribution in [1.29, 1.82) is 0 Å². The van der Waals surface area contributed by atoms with Crippen molar-refractivity contribution in [3.63, 3.8) is 0 Å². The molecule has 21 heavy (non-hydrogen) atoms. The van der Waals surface area contributed by atoms with Gasteiger partial charge in [0.1, 0.15) is 0 Å². The van der Waals surface area contributed by atoms with Crippen LogP contribution in [0.5, 0.6) is 0 Å². The summed E-state index contributed by atoms with van der Waals surface area (Å²) in [5, 5.41) is 8.49. The Bertz CT molecular complexity index is 459. The monoisotopic (exact) mass is 291 g/mol. The molecule has 3 nitrogen and oxygen atoms in total.